The second-order valence-corrected chi connectivity index (χ2v) is 5.31. The zero-order valence-corrected chi connectivity index (χ0v) is 12.5. The number of halogens is 2. The van der Waals surface area contributed by atoms with E-state index in [0.717, 1.165) is 0 Å². The van der Waals surface area contributed by atoms with Gasteiger partial charge in [0.05, 0.1) is 10.6 Å². The third-order valence-electron chi connectivity index (χ3n) is 2.58. The normalized spacial score (nSPS) is 10.1. The molecule has 2 aromatic carbocycles. The smallest absolute Gasteiger partial charge is 0.257 e. The summed E-state index contributed by atoms with van der Waals surface area (Å²) in [5.74, 6) is -0.349. The van der Waals surface area contributed by atoms with Crippen molar-refractivity contribution in [3.05, 3.63) is 63.6 Å². The minimum Gasteiger partial charge on any atom is -0.389 e. The van der Waals surface area contributed by atoms with Crippen molar-refractivity contribution < 1.29 is 4.79 Å². The summed E-state index contributed by atoms with van der Waals surface area (Å²) in [5.41, 5.74) is 7.11. The molecule has 0 spiro atoms. The van der Waals surface area contributed by atoms with Crippen LogP contribution in [0.2, 0.25) is 10.0 Å². The van der Waals surface area contributed by atoms with E-state index in [0.29, 0.717) is 26.9 Å². The number of carbonyl (C=O) groups is 1. The van der Waals surface area contributed by atoms with Crippen molar-refractivity contribution in [3.8, 4) is 0 Å². The van der Waals surface area contributed by atoms with Crippen LogP contribution < -0.4 is 11.1 Å². The Morgan fingerprint density at radius 2 is 1.90 bits per heavy atom. The van der Waals surface area contributed by atoms with Crippen molar-refractivity contribution in [1.29, 1.82) is 0 Å². The summed E-state index contributed by atoms with van der Waals surface area (Å²) in [7, 11) is 0. The minimum absolute atomic E-state index is 0.266. The molecule has 0 bridgehead atoms. The third-order valence-corrected chi connectivity index (χ3v) is 3.38. The van der Waals surface area contributed by atoms with Crippen molar-refractivity contribution >= 4 is 52.0 Å². The quantitative estimate of drug-likeness (QED) is 0.842. The maximum Gasteiger partial charge on any atom is 0.257 e. The molecule has 0 heterocycles. The fourth-order valence-corrected chi connectivity index (χ4v) is 2.12. The summed E-state index contributed by atoms with van der Waals surface area (Å²) in [6, 6.07) is 11.7. The Morgan fingerprint density at radius 1 is 1.15 bits per heavy atom. The Balaban J connectivity index is 2.25. The van der Waals surface area contributed by atoms with Gasteiger partial charge in [-0.15, -0.1) is 0 Å². The number of thiocarbonyl (C=S) groups is 1. The van der Waals surface area contributed by atoms with Gasteiger partial charge in [-0.2, -0.15) is 0 Å². The lowest BCUT2D eigenvalue weighted by molar-refractivity contribution is 0.102. The van der Waals surface area contributed by atoms with Crippen LogP contribution in [-0.4, -0.2) is 10.9 Å². The van der Waals surface area contributed by atoms with Crippen LogP contribution in [0, 0.1) is 0 Å². The van der Waals surface area contributed by atoms with Crippen LogP contribution in [0.4, 0.5) is 5.69 Å². The average Bonchev–Trinajstić information content (AvgIpc) is 2.41. The molecule has 0 radical (unpaired) electrons. The first-order valence-corrected chi connectivity index (χ1v) is 6.80. The molecule has 0 saturated heterocycles. The topological polar surface area (TPSA) is 55.1 Å². The van der Waals surface area contributed by atoms with Crippen molar-refractivity contribution in [3.63, 3.8) is 0 Å². The number of hydrogen-bond donors (Lipinski definition) is 2. The lowest BCUT2D eigenvalue weighted by Gasteiger charge is -2.08. The van der Waals surface area contributed by atoms with Crippen LogP contribution in [-0.2, 0) is 0 Å². The van der Waals surface area contributed by atoms with E-state index in [-0.39, 0.29) is 10.9 Å². The van der Waals surface area contributed by atoms with E-state index in [9.17, 15) is 4.79 Å². The van der Waals surface area contributed by atoms with E-state index >= 15 is 0 Å². The molecule has 2 rings (SSSR count). The van der Waals surface area contributed by atoms with Crippen molar-refractivity contribution in [2.45, 2.75) is 0 Å². The predicted octanol–water partition coefficient (Wildman–Crippen LogP) is 3.88. The number of nitrogens with one attached hydrogen (secondary N) is 1. The van der Waals surface area contributed by atoms with Gasteiger partial charge < -0.3 is 11.1 Å². The number of anilines is 1. The standard InChI is InChI=1S/C14H10Cl2N2OS/c15-9-4-5-12(16)11(7-9)14(19)18-10-3-1-2-8(6-10)13(17)20/h1-7H,(H2,17,20)(H,18,19). The summed E-state index contributed by atoms with van der Waals surface area (Å²) < 4.78 is 0. The van der Waals surface area contributed by atoms with Gasteiger partial charge in [-0.1, -0.05) is 47.6 Å². The molecule has 1 amide bonds. The maximum absolute atomic E-state index is 12.1. The predicted molar refractivity (Wildman–Crippen MR) is 86.7 cm³/mol. The molecule has 6 heteroatoms. The van der Waals surface area contributed by atoms with Gasteiger partial charge in [-0.3, -0.25) is 4.79 Å². The molecule has 0 fully saturated rings. The van der Waals surface area contributed by atoms with Crippen LogP contribution in [0.25, 0.3) is 0 Å². The van der Waals surface area contributed by atoms with Crippen molar-refractivity contribution in [2.75, 3.05) is 5.32 Å². The van der Waals surface area contributed by atoms with Crippen LogP contribution in [0.1, 0.15) is 15.9 Å². The van der Waals surface area contributed by atoms with Gasteiger partial charge in [-0.05, 0) is 30.3 Å². The van der Waals surface area contributed by atoms with E-state index in [2.05, 4.69) is 5.32 Å². The molecule has 0 atom stereocenters. The molecule has 0 aliphatic heterocycles. The number of rotatable bonds is 3. The molecule has 3 N–H and O–H groups in total. The molecule has 0 unspecified atom stereocenters. The third kappa shape index (κ3) is 3.48. The van der Waals surface area contributed by atoms with Crippen LogP contribution in [0.3, 0.4) is 0 Å². The van der Waals surface area contributed by atoms with E-state index < -0.39 is 0 Å². The first-order valence-electron chi connectivity index (χ1n) is 5.63. The number of carbonyl (C=O) groups excluding carboxylic acids is 1. The highest BCUT2D eigenvalue weighted by molar-refractivity contribution is 7.80. The van der Waals surface area contributed by atoms with Gasteiger partial charge in [-0.25, -0.2) is 0 Å². The summed E-state index contributed by atoms with van der Waals surface area (Å²) in [4.78, 5) is 12.4. The molecule has 2 aromatic rings. The molecule has 0 aliphatic carbocycles. The lowest BCUT2D eigenvalue weighted by atomic mass is 10.1. The van der Waals surface area contributed by atoms with Gasteiger partial charge in [0, 0.05) is 16.3 Å². The first-order chi connectivity index (χ1) is 9.47. The highest BCUT2D eigenvalue weighted by Crippen LogP contribution is 2.22. The minimum atomic E-state index is -0.349. The van der Waals surface area contributed by atoms with Gasteiger partial charge in [0.15, 0.2) is 0 Å². The number of benzene rings is 2. The number of amides is 1. The van der Waals surface area contributed by atoms with E-state index in [1.165, 1.54) is 6.07 Å². The summed E-state index contributed by atoms with van der Waals surface area (Å²) >= 11 is 16.7. The Hall–Kier alpha value is -1.62. The average molecular weight is 325 g/mol. The van der Waals surface area contributed by atoms with E-state index in [1.807, 2.05) is 0 Å². The fraction of sp³-hybridized carbons (Fsp3) is 0. The number of nitrogens with two attached hydrogens (primary N) is 1. The van der Waals surface area contributed by atoms with E-state index in [4.69, 9.17) is 41.2 Å². The zero-order chi connectivity index (χ0) is 14.7. The molecule has 0 aromatic heterocycles. The summed E-state index contributed by atoms with van der Waals surface area (Å²) in [6.07, 6.45) is 0. The van der Waals surface area contributed by atoms with Crippen molar-refractivity contribution in [2.24, 2.45) is 5.73 Å². The monoisotopic (exact) mass is 324 g/mol. The highest BCUT2D eigenvalue weighted by atomic mass is 35.5. The highest BCUT2D eigenvalue weighted by Gasteiger charge is 2.11. The molecule has 0 aliphatic rings. The molecule has 102 valence electrons. The largest absolute Gasteiger partial charge is 0.389 e. The lowest BCUT2D eigenvalue weighted by Crippen LogP contribution is -2.14. The van der Waals surface area contributed by atoms with Crippen LogP contribution >= 0.6 is 35.4 Å². The SMILES string of the molecule is NC(=S)c1cccc(NC(=O)c2cc(Cl)ccc2Cl)c1. The van der Waals surface area contributed by atoms with Gasteiger partial charge in [0.25, 0.3) is 5.91 Å². The molecule has 0 saturated carbocycles. The second-order valence-electron chi connectivity index (χ2n) is 4.02. The van der Waals surface area contributed by atoms with Gasteiger partial charge in [0.2, 0.25) is 0 Å². The van der Waals surface area contributed by atoms with Crippen LogP contribution in [0.15, 0.2) is 42.5 Å². The summed E-state index contributed by atoms with van der Waals surface area (Å²) in [5, 5.41) is 3.50. The Bertz CT molecular complexity index is 689. The van der Waals surface area contributed by atoms with Gasteiger partial charge >= 0.3 is 0 Å². The zero-order valence-electron chi connectivity index (χ0n) is 10.2. The Labute approximate surface area is 131 Å². The maximum atomic E-state index is 12.1. The number of hydrogen-bond acceptors (Lipinski definition) is 2. The van der Waals surface area contributed by atoms with E-state index in [1.54, 1.807) is 36.4 Å². The molecular weight excluding hydrogens is 315 g/mol. The second kappa shape index (κ2) is 6.22. The van der Waals surface area contributed by atoms with Gasteiger partial charge in [0.1, 0.15) is 4.99 Å². The fourth-order valence-electron chi connectivity index (χ4n) is 1.62. The van der Waals surface area contributed by atoms with Crippen LogP contribution in [0.5, 0.6) is 0 Å². The Kier molecular flexibility index (Phi) is 4.60. The first kappa shape index (κ1) is 14.8. The summed E-state index contributed by atoms with van der Waals surface area (Å²) in [6.45, 7) is 0. The Morgan fingerprint density at radius 3 is 2.60 bits per heavy atom. The van der Waals surface area contributed by atoms with Crippen molar-refractivity contribution in [1.82, 2.24) is 0 Å². The molecule has 3 nitrogen and oxygen atoms in total. The molecular formula is C14H10Cl2N2OS. The molecule has 20 heavy (non-hydrogen) atoms.